The van der Waals surface area contributed by atoms with Gasteiger partial charge in [0.2, 0.25) is 10.0 Å². The van der Waals surface area contributed by atoms with E-state index < -0.39 is 15.6 Å². The normalized spacial score (nSPS) is 14.0. The van der Waals surface area contributed by atoms with Gasteiger partial charge in [0.15, 0.2) is 5.78 Å². The number of ketones is 1. The van der Waals surface area contributed by atoms with Gasteiger partial charge in [-0.1, -0.05) is 84.9 Å². The number of Topliss-reactive ketones (excluding diaryl/α,β-unsaturated/α-hetero) is 1. The van der Waals surface area contributed by atoms with E-state index in [1.54, 1.807) is 12.1 Å². The van der Waals surface area contributed by atoms with Gasteiger partial charge in [0, 0.05) is 30.9 Å². The van der Waals surface area contributed by atoms with E-state index in [2.05, 4.69) is 54.6 Å². The summed E-state index contributed by atoms with van der Waals surface area (Å²) in [5.41, 5.74) is 4.31. The zero-order chi connectivity index (χ0) is 27.7. The van der Waals surface area contributed by atoms with Gasteiger partial charge in [0.05, 0.1) is 11.4 Å². The van der Waals surface area contributed by atoms with Gasteiger partial charge >= 0.3 is 0 Å². The third-order valence-corrected chi connectivity index (χ3v) is 9.36. The van der Waals surface area contributed by atoms with Crippen molar-refractivity contribution < 1.29 is 13.2 Å². The third-order valence-electron chi connectivity index (χ3n) is 7.48. The van der Waals surface area contributed by atoms with Gasteiger partial charge in [0.25, 0.3) is 5.56 Å². The van der Waals surface area contributed by atoms with Crippen molar-refractivity contribution in [1.29, 1.82) is 0 Å². The first-order valence-electron chi connectivity index (χ1n) is 13.3. The fourth-order valence-corrected chi connectivity index (χ4v) is 6.72. The number of fused-ring (bicyclic) bond motifs is 1. The van der Waals surface area contributed by atoms with Crippen LogP contribution in [0.3, 0.4) is 0 Å². The van der Waals surface area contributed by atoms with Crippen molar-refractivity contribution in [2.45, 2.75) is 24.3 Å². The summed E-state index contributed by atoms with van der Waals surface area (Å²) in [5.74, 6) is -0.268. The van der Waals surface area contributed by atoms with Gasteiger partial charge in [-0.3, -0.25) is 9.59 Å². The highest BCUT2D eigenvalue weighted by molar-refractivity contribution is 7.89. The topological polar surface area (TPSA) is 76.5 Å². The highest BCUT2D eigenvalue weighted by atomic mass is 32.2. The lowest BCUT2D eigenvalue weighted by atomic mass is 9.97. The molecule has 0 radical (unpaired) electrons. The van der Waals surface area contributed by atoms with Gasteiger partial charge in [-0.15, -0.1) is 0 Å². The van der Waals surface area contributed by atoms with Crippen LogP contribution in [-0.2, 0) is 16.6 Å². The standard InChI is InChI=1S/C33H28N2O4S/c36-32(23-34-22-31(17-18-33(34)37)40(38,39)35-19-3-4-20-35)28-14-11-26(12-15-28)25-7-9-27(10-8-25)30-16-13-24-5-1-2-6-29(24)21-30/h1-2,5-18,21-22H,3-4,19-20,23H2. The van der Waals surface area contributed by atoms with Crippen molar-refractivity contribution in [3.8, 4) is 22.3 Å². The average Bonchev–Trinajstić information content (AvgIpc) is 3.54. The largest absolute Gasteiger partial charge is 0.306 e. The van der Waals surface area contributed by atoms with Crippen LogP contribution in [0.1, 0.15) is 23.2 Å². The molecule has 1 aromatic heterocycles. The molecule has 0 spiro atoms. The van der Waals surface area contributed by atoms with Gasteiger partial charge in [-0.05, 0) is 58.0 Å². The van der Waals surface area contributed by atoms with Crippen LogP contribution in [0.4, 0.5) is 0 Å². The quantitative estimate of drug-likeness (QED) is 0.234. The molecular formula is C33H28N2O4S. The monoisotopic (exact) mass is 548 g/mol. The number of sulfonamides is 1. The number of rotatable bonds is 7. The summed E-state index contributed by atoms with van der Waals surface area (Å²) in [6, 6.07) is 32.8. The lowest BCUT2D eigenvalue weighted by Gasteiger charge is -2.16. The van der Waals surface area contributed by atoms with E-state index in [4.69, 9.17) is 0 Å². The molecule has 2 heterocycles. The number of hydrogen-bond donors (Lipinski definition) is 0. The number of pyridine rings is 1. The van der Waals surface area contributed by atoms with Gasteiger partial charge < -0.3 is 4.57 Å². The Balaban J connectivity index is 1.17. The van der Waals surface area contributed by atoms with E-state index in [-0.39, 0.29) is 17.2 Å². The summed E-state index contributed by atoms with van der Waals surface area (Å²) in [5, 5.41) is 2.41. The molecule has 0 atom stereocenters. The Morgan fingerprint density at radius 2 is 1.25 bits per heavy atom. The molecule has 0 aliphatic carbocycles. The van der Waals surface area contributed by atoms with E-state index in [0.717, 1.165) is 35.1 Å². The van der Waals surface area contributed by atoms with E-state index >= 15 is 0 Å². The van der Waals surface area contributed by atoms with Crippen LogP contribution in [0, 0.1) is 0 Å². The van der Waals surface area contributed by atoms with Gasteiger partial charge in [0.1, 0.15) is 0 Å². The average molecular weight is 549 g/mol. The molecule has 6 rings (SSSR count). The van der Waals surface area contributed by atoms with E-state index in [0.29, 0.717) is 18.7 Å². The van der Waals surface area contributed by atoms with E-state index in [1.807, 2.05) is 24.3 Å². The fraction of sp³-hybridized carbons (Fsp3) is 0.152. The number of nitrogens with zero attached hydrogens (tertiary/aromatic N) is 2. The molecule has 6 nitrogen and oxygen atoms in total. The lowest BCUT2D eigenvalue weighted by Crippen LogP contribution is -2.30. The van der Waals surface area contributed by atoms with Crippen LogP contribution < -0.4 is 5.56 Å². The van der Waals surface area contributed by atoms with Gasteiger partial charge in [-0.2, -0.15) is 4.31 Å². The number of hydrogen-bond acceptors (Lipinski definition) is 4. The van der Waals surface area contributed by atoms with Crippen molar-refractivity contribution in [1.82, 2.24) is 8.87 Å². The molecule has 1 fully saturated rings. The predicted octanol–water partition coefficient (Wildman–Crippen LogP) is 6.00. The summed E-state index contributed by atoms with van der Waals surface area (Å²) in [6.45, 7) is 0.708. The minimum atomic E-state index is -3.68. The molecule has 40 heavy (non-hydrogen) atoms. The molecule has 7 heteroatoms. The summed E-state index contributed by atoms with van der Waals surface area (Å²) in [7, 11) is -3.68. The second kappa shape index (κ2) is 10.7. The van der Waals surface area contributed by atoms with Crippen LogP contribution >= 0.6 is 0 Å². The summed E-state index contributed by atoms with van der Waals surface area (Å²) in [4.78, 5) is 25.5. The zero-order valence-electron chi connectivity index (χ0n) is 21.9. The molecule has 1 aliphatic rings. The number of carbonyl (C=O) groups is 1. The van der Waals surface area contributed by atoms with Crippen molar-refractivity contribution in [3.63, 3.8) is 0 Å². The fourth-order valence-electron chi connectivity index (χ4n) is 5.18. The highest BCUT2D eigenvalue weighted by Crippen LogP contribution is 2.28. The second-order valence-corrected chi connectivity index (χ2v) is 12.0. The maximum Gasteiger partial charge on any atom is 0.251 e. The van der Waals surface area contributed by atoms with Crippen molar-refractivity contribution in [2.24, 2.45) is 0 Å². The Bertz CT molecular complexity index is 1870. The van der Waals surface area contributed by atoms with Crippen LogP contribution in [0.2, 0.25) is 0 Å². The first kappa shape index (κ1) is 25.9. The molecule has 4 aromatic carbocycles. The predicted molar refractivity (Wildman–Crippen MR) is 158 cm³/mol. The highest BCUT2D eigenvalue weighted by Gasteiger charge is 2.27. The van der Waals surface area contributed by atoms with Crippen molar-refractivity contribution in [2.75, 3.05) is 13.1 Å². The molecule has 1 aliphatic heterocycles. The van der Waals surface area contributed by atoms with E-state index in [1.165, 1.54) is 38.0 Å². The zero-order valence-corrected chi connectivity index (χ0v) is 22.7. The smallest absolute Gasteiger partial charge is 0.251 e. The molecule has 5 aromatic rings. The van der Waals surface area contributed by atoms with Crippen LogP contribution in [0.15, 0.2) is 119 Å². The van der Waals surface area contributed by atoms with Gasteiger partial charge in [-0.25, -0.2) is 8.42 Å². The first-order valence-corrected chi connectivity index (χ1v) is 14.8. The SMILES string of the molecule is O=C(Cn1cc(S(=O)(=O)N2CCCC2)ccc1=O)c1ccc(-c2ccc(-c3ccc4ccccc4c3)cc2)cc1. The van der Waals surface area contributed by atoms with Crippen LogP contribution in [-0.4, -0.2) is 36.2 Å². The molecule has 0 bridgehead atoms. The number of carbonyl (C=O) groups excluding carboxylic acids is 1. The molecule has 0 unspecified atom stereocenters. The lowest BCUT2D eigenvalue weighted by molar-refractivity contribution is 0.0970. The molecule has 1 saturated heterocycles. The Morgan fingerprint density at radius 3 is 1.93 bits per heavy atom. The van der Waals surface area contributed by atoms with Crippen molar-refractivity contribution >= 4 is 26.6 Å². The Kier molecular flexibility index (Phi) is 6.92. The van der Waals surface area contributed by atoms with Crippen LogP contribution in [0.5, 0.6) is 0 Å². The Hall–Kier alpha value is -4.33. The molecule has 200 valence electrons. The van der Waals surface area contributed by atoms with Crippen LogP contribution in [0.25, 0.3) is 33.0 Å². The van der Waals surface area contributed by atoms with E-state index in [9.17, 15) is 18.0 Å². The number of benzene rings is 4. The summed E-state index contributed by atoms with van der Waals surface area (Å²) in [6.07, 6.45) is 2.92. The second-order valence-electron chi connectivity index (χ2n) is 10.1. The Labute approximate surface area is 233 Å². The molecule has 0 amide bonds. The molecule has 0 saturated carbocycles. The maximum atomic E-state index is 13.0. The number of aromatic nitrogens is 1. The minimum absolute atomic E-state index is 0.0317. The maximum absolute atomic E-state index is 13.0. The first-order chi connectivity index (χ1) is 19.4. The minimum Gasteiger partial charge on any atom is -0.306 e. The molecule has 0 N–H and O–H groups in total. The van der Waals surface area contributed by atoms with Crippen molar-refractivity contribution in [3.05, 3.63) is 125 Å². The Morgan fingerprint density at radius 1 is 0.675 bits per heavy atom. The molecular weight excluding hydrogens is 520 g/mol. The third kappa shape index (κ3) is 5.13. The summed E-state index contributed by atoms with van der Waals surface area (Å²) < 4.78 is 28.4. The summed E-state index contributed by atoms with van der Waals surface area (Å²) >= 11 is 0.